The van der Waals surface area contributed by atoms with Crippen LogP contribution < -0.4 is 11.1 Å². The minimum Gasteiger partial charge on any atom is -0.398 e. The number of nitrogens with zero attached hydrogens (tertiary/aromatic N) is 1. The number of pyridine rings is 1. The topological polar surface area (TPSA) is 50.9 Å². The van der Waals surface area contributed by atoms with E-state index in [1.165, 1.54) is 31.2 Å². The Morgan fingerprint density at radius 2 is 2.38 bits per heavy atom. The summed E-state index contributed by atoms with van der Waals surface area (Å²) in [5, 5.41) is 3.39. The second-order valence-electron chi connectivity index (χ2n) is 4.80. The Bertz CT molecular complexity index is 338. The molecule has 0 aliphatic heterocycles. The van der Waals surface area contributed by atoms with E-state index in [-0.39, 0.29) is 0 Å². The van der Waals surface area contributed by atoms with Gasteiger partial charge in [-0.3, -0.25) is 4.98 Å². The first-order chi connectivity index (χ1) is 7.79. The third-order valence-corrected chi connectivity index (χ3v) is 3.64. The van der Waals surface area contributed by atoms with Crippen molar-refractivity contribution in [1.29, 1.82) is 0 Å². The van der Waals surface area contributed by atoms with E-state index in [0.29, 0.717) is 6.04 Å². The highest BCUT2D eigenvalue weighted by molar-refractivity contribution is 5.44. The zero-order valence-electron chi connectivity index (χ0n) is 9.95. The van der Waals surface area contributed by atoms with Gasteiger partial charge in [0.1, 0.15) is 0 Å². The molecule has 1 heterocycles. The second kappa shape index (κ2) is 5.30. The van der Waals surface area contributed by atoms with Gasteiger partial charge in [-0.15, -0.1) is 0 Å². The molecule has 3 N–H and O–H groups in total. The molecule has 1 aromatic rings. The van der Waals surface area contributed by atoms with Gasteiger partial charge in [-0.2, -0.15) is 0 Å². The van der Waals surface area contributed by atoms with Crippen LogP contribution in [0.15, 0.2) is 18.5 Å². The van der Waals surface area contributed by atoms with Crippen molar-refractivity contribution >= 4 is 5.69 Å². The summed E-state index contributed by atoms with van der Waals surface area (Å²) in [7, 11) is 2.06. The highest BCUT2D eigenvalue weighted by Crippen LogP contribution is 2.28. The van der Waals surface area contributed by atoms with Crippen molar-refractivity contribution in [3.63, 3.8) is 0 Å². The van der Waals surface area contributed by atoms with Gasteiger partial charge >= 0.3 is 0 Å². The molecule has 1 aliphatic carbocycles. The molecule has 0 spiro atoms. The van der Waals surface area contributed by atoms with Crippen LogP contribution in [0.1, 0.15) is 31.2 Å². The first kappa shape index (κ1) is 11.4. The Balaban J connectivity index is 1.97. The van der Waals surface area contributed by atoms with E-state index in [0.717, 1.165) is 18.0 Å². The number of nitrogens with two attached hydrogens (primary N) is 1. The fourth-order valence-electron chi connectivity index (χ4n) is 2.66. The van der Waals surface area contributed by atoms with Gasteiger partial charge in [-0.05, 0) is 43.9 Å². The molecule has 1 fully saturated rings. The Kier molecular flexibility index (Phi) is 3.78. The summed E-state index contributed by atoms with van der Waals surface area (Å²) in [6.07, 6.45) is 10.00. The van der Waals surface area contributed by atoms with Crippen LogP contribution in [0.2, 0.25) is 0 Å². The van der Waals surface area contributed by atoms with Crippen LogP contribution in [0.4, 0.5) is 5.69 Å². The van der Waals surface area contributed by atoms with Gasteiger partial charge in [0.25, 0.3) is 0 Å². The highest BCUT2D eigenvalue weighted by atomic mass is 14.9. The summed E-state index contributed by atoms with van der Waals surface area (Å²) < 4.78 is 0. The molecule has 88 valence electrons. The molecule has 0 saturated heterocycles. The van der Waals surface area contributed by atoms with Crippen molar-refractivity contribution < 1.29 is 0 Å². The van der Waals surface area contributed by atoms with Crippen LogP contribution >= 0.6 is 0 Å². The summed E-state index contributed by atoms with van der Waals surface area (Å²) in [6.45, 7) is 0. The molecule has 3 heteroatoms. The summed E-state index contributed by atoms with van der Waals surface area (Å²) >= 11 is 0. The maximum Gasteiger partial charge on any atom is 0.0377 e. The number of nitrogens with one attached hydrogen (secondary N) is 1. The Labute approximate surface area is 97.5 Å². The summed E-state index contributed by atoms with van der Waals surface area (Å²) in [5.41, 5.74) is 8.05. The van der Waals surface area contributed by atoms with Gasteiger partial charge in [0, 0.05) is 24.1 Å². The Morgan fingerprint density at radius 3 is 3.12 bits per heavy atom. The lowest BCUT2D eigenvalue weighted by Gasteiger charge is -2.29. The lowest BCUT2D eigenvalue weighted by atomic mass is 9.82. The molecule has 0 bridgehead atoms. The molecule has 2 rings (SSSR count). The SMILES string of the molecule is CNC1CCCC(Cc2cnccc2N)C1. The second-order valence-corrected chi connectivity index (χ2v) is 4.80. The van der Waals surface area contributed by atoms with Crippen molar-refractivity contribution in [3.8, 4) is 0 Å². The molecule has 0 radical (unpaired) electrons. The average Bonchev–Trinajstić information content (AvgIpc) is 2.32. The monoisotopic (exact) mass is 219 g/mol. The van der Waals surface area contributed by atoms with E-state index >= 15 is 0 Å². The normalized spacial score (nSPS) is 25.6. The van der Waals surface area contributed by atoms with Gasteiger partial charge in [0.15, 0.2) is 0 Å². The molecule has 0 aromatic carbocycles. The molecule has 3 nitrogen and oxygen atoms in total. The summed E-state index contributed by atoms with van der Waals surface area (Å²) in [6, 6.07) is 2.59. The van der Waals surface area contributed by atoms with Crippen LogP contribution in [0, 0.1) is 5.92 Å². The predicted molar refractivity (Wildman–Crippen MR) is 67.2 cm³/mol. The maximum absolute atomic E-state index is 5.95. The van der Waals surface area contributed by atoms with Crippen molar-refractivity contribution in [2.45, 2.75) is 38.1 Å². The van der Waals surface area contributed by atoms with E-state index in [1.54, 1.807) is 6.20 Å². The van der Waals surface area contributed by atoms with Gasteiger partial charge in [0.2, 0.25) is 0 Å². The number of nitrogen functional groups attached to an aromatic ring is 1. The summed E-state index contributed by atoms with van der Waals surface area (Å²) in [5.74, 6) is 0.762. The Hall–Kier alpha value is -1.09. The minimum atomic E-state index is 0.691. The summed E-state index contributed by atoms with van der Waals surface area (Å²) in [4.78, 5) is 4.15. The van der Waals surface area contributed by atoms with E-state index in [9.17, 15) is 0 Å². The van der Waals surface area contributed by atoms with Gasteiger partial charge in [-0.1, -0.05) is 12.8 Å². The molecule has 1 saturated carbocycles. The van der Waals surface area contributed by atoms with E-state index in [4.69, 9.17) is 5.73 Å². The first-order valence-electron chi connectivity index (χ1n) is 6.15. The molecule has 1 aliphatic rings. The lowest BCUT2D eigenvalue weighted by molar-refractivity contribution is 0.294. The molecule has 1 aromatic heterocycles. The van der Waals surface area contributed by atoms with Crippen LogP contribution in [0.3, 0.4) is 0 Å². The van der Waals surface area contributed by atoms with E-state index in [2.05, 4.69) is 17.3 Å². The molecule has 0 amide bonds. The fourth-order valence-corrected chi connectivity index (χ4v) is 2.66. The largest absolute Gasteiger partial charge is 0.398 e. The Morgan fingerprint density at radius 1 is 1.50 bits per heavy atom. The third kappa shape index (κ3) is 2.73. The zero-order valence-corrected chi connectivity index (χ0v) is 9.95. The van der Waals surface area contributed by atoms with E-state index in [1.807, 2.05) is 12.3 Å². The molecular formula is C13H21N3. The standard InChI is InChI=1S/C13H21N3/c1-15-12-4-2-3-10(8-12)7-11-9-16-6-5-13(11)14/h5-6,9-10,12,15H,2-4,7-8H2,1H3,(H2,14,16). The van der Waals surface area contributed by atoms with Gasteiger partial charge in [0.05, 0.1) is 0 Å². The molecule has 2 atom stereocenters. The van der Waals surface area contributed by atoms with Crippen molar-refractivity contribution in [2.75, 3.05) is 12.8 Å². The van der Waals surface area contributed by atoms with Crippen LogP contribution in [-0.4, -0.2) is 18.1 Å². The average molecular weight is 219 g/mol. The maximum atomic E-state index is 5.95. The van der Waals surface area contributed by atoms with Crippen molar-refractivity contribution in [2.24, 2.45) is 5.92 Å². The quantitative estimate of drug-likeness (QED) is 0.817. The third-order valence-electron chi connectivity index (χ3n) is 3.64. The van der Waals surface area contributed by atoms with Gasteiger partial charge < -0.3 is 11.1 Å². The zero-order chi connectivity index (χ0) is 11.4. The van der Waals surface area contributed by atoms with Crippen LogP contribution in [0.25, 0.3) is 0 Å². The number of hydrogen-bond donors (Lipinski definition) is 2. The van der Waals surface area contributed by atoms with Crippen LogP contribution in [0.5, 0.6) is 0 Å². The number of hydrogen-bond acceptors (Lipinski definition) is 3. The van der Waals surface area contributed by atoms with E-state index < -0.39 is 0 Å². The number of aromatic nitrogens is 1. The fraction of sp³-hybridized carbons (Fsp3) is 0.615. The molecule has 2 unspecified atom stereocenters. The number of anilines is 1. The van der Waals surface area contributed by atoms with Crippen molar-refractivity contribution in [3.05, 3.63) is 24.0 Å². The highest BCUT2D eigenvalue weighted by Gasteiger charge is 2.21. The molecular weight excluding hydrogens is 198 g/mol. The smallest absolute Gasteiger partial charge is 0.0377 e. The lowest BCUT2D eigenvalue weighted by Crippen LogP contribution is -2.32. The first-order valence-corrected chi connectivity index (χ1v) is 6.15. The van der Waals surface area contributed by atoms with Crippen LogP contribution in [-0.2, 0) is 6.42 Å². The minimum absolute atomic E-state index is 0.691. The van der Waals surface area contributed by atoms with Gasteiger partial charge in [-0.25, -0.2) is 0 Å². The predicted octanol–water partition coefficient (Wildman–Crippen LogP) is 1.98. The number of rotatable bonds is 3. The van der Waals surface area contributed by atoms with Crippen molar-refractivity contribution in [1.82, 2.24) is 10.3 Å². The molecule has 16 heavy (non-hydrogen) atoms.